The maximum atomic E-state index is 2.48. The number of para-hydroxylation sites is 4. The van der Waals surface area contributed by atoms with Crippen LogP contribution in [0.3, 0.4) is 0 Å². The highest BCUT2D eigenvalue weighted by Crippen LogP contribution is 2.54. The normalized spacial score (nSPS) is 12.7. The summed E-state index contributed by atoms with van der Waals surface area (Å²) in [5.41, 5.74) is 17.4. The molecule has 8 aromatic rings. The number of fused-ring (bicyclic) bond motifs is 3. The third kappa shape index (κ3) is 8.23. The molecule has 0 heterocycles. The lowest BCUT2D eigenvalue weighted by Gasteiger charge is -2.32. The average molecular weight is 789 g/mol. The second kappa shape index (κ2) is 18.0. The lowest BCUT2D eigenvalue weighted by molar-refractivity contribution is 0.435. The number of anilines is 6. The molecule has 0 unspecified atom stereocenters. The Morgan fingerprint density at radius 1 is 0.328 bits per heavy atom. The smallest absolute Gasteiger partial charge is 0.0462 e. The summed E-state index contributed by atoms with van der Waals surface area (Å²) in [6.45, 7) is 4.67. The van der Waals surface area contributed by atoms with Crippen LogP contribution in [-0.2, 0) is 5.41 Å². The van der Waals surface area contributed by atoms with Gasteiger partial charge in [-0.05, 0) is 130 Å². The van der Waals surface area contributed by atoms with Crippen LogP contribution in [0, 0.1) is 0 Å². The molecule has 2 nitrogen and oxygen atoms in total. The van der Waals surface area contributed by atoms with Crippen molar-refractivity contribution >= 4 is 58.4 Å². The van der Waals surface area contributed by atoms with E-state index in [2.05, 4.69) is 254 Å². The highest BCUT2D eigenvalue weighted by molar-refractivity contribution is 5.86. The molecule has 0 aromatic heterocycles. The van der Waals surface area contributed by atoms with Crippen LogP contribution in [0.2, 0.25) is 0 Å². The van der Waals surface area contributed by atoms with Crippen molar-refractivity contribution in [1.82, 2.24) is 0 Å². The van der Waals surface area contributed by atoms with E-state index in [1.165, 1.54) is 44.5 Å². The van der Waals surface area contributed by atoms with Crippen molar-refractivity contribution < 1.29 is 0 Å². The van der Waals surface area contributed by atoms with E-state index in [4.69, 9.17) is 0 Å². The SMILES string of the molecule is CCCC1(CCC)c2cc(/C=C/c3ccc(N(c4ccccc4)c4ccccc4)cc3)ccc2-c2ccc(/C=C/c3ccc(N(c4ccccc4)c4ccccc4)cc3)cc21. The quantitative estimate of drug-likeness (QED) is 0.101. The lowest BCUT2D eigenvalue weighted by Crippen LogP contribution is -2.25. The topological polar surface area (TPSA) is 6.48 Å². The first-order valence-corrected chi connectivity index (χ1v) is 21.8. The molecular weight excluding hydrogens is 737 g/mol. The van der Waals surface area contributed by atoms with Crippen LogP contribution in [0.15, 0.2) is 206 Å². The third-order valence-corrected chi connectivity index (χ3v) is 12.1. The van der Waals surface area contributed by atoms with Gasteiger partial charge in [-0.1, -0.05) is 184 Å². The molecule has 0 saturated heterocycles. The molecule has 8 aromatic carbocycles. The van der Waals surface area contributed by atoms with Crippen molar-refractivity contribution in [3.63, 3.8) is 0 Å². The van der Waals surface area contributed by atoms with Crippen LogP contribution in [0.5, 0.6) is 0 Å². The molecule has 0 atom stereocenters. The van der Waals surface area contributed by atoms with Gasteiger partial charge in [0.25, 0.3) is 0 Å². The van der Waals surface area contributed by atoms with Crippen molar-refractivity contribution in [2.24, 2.45) is 0 Å². The molecule has 0 spiro atoms. The molecule has 9 rings (SSSR count). The molecule has 0 radical (unpaired) electrons. The summed E-state index contributed by atoms with van der Waals surface area (Å²) >= 11 is 0. The Morgan fingerprint density at radius 3 is 0.918 bits per heavy atom. The number of rotatable bonds is 14. The number of hydrogen-bond donors (Lipinski definition) is 0. The van der Waals surface area contributed by atoms with Crippen LogP contribution >= 0.6 is 0 Å². The lowest BCUT2D eigenvalue weighted by atomic mass is 9.71. The zero-order valence-corrected chi connectivity index (χ0v) is 35.2. The Hall–Kier alpha value is -7.16. The zero-order chi connectivity index (χ0) is 41.4. The van der Waals surface area contributed by atoms with E-state index in [-0.39, 0.29) is 5.41 Å². The third-order valence-electron chi connectivity index (χ3n) is 12.1. The van der Waals surface area contributed by atoms with Gasteiger partial charge in [0.2, 0.25) is 0 Å². The summed E-state index contributed by atoms with van der Waals surface area (Å²) in [7, 11) is 0. The number of benzene rings is 8. The van der Waals surface area contributed by atoms with Gasteiger partial charge >= 0.3 is 0 Å². The van der Waals surface area contributed by atoms with Crippen LogP contribution < -0.4 is 9.80 Å². The monoisotopic (exact) mass is 788 g/mol. The summed E-state index contributed by atoms with van der Waals surface area (Å²) in [6, 6.07) is 74.4. The number of nitrogens with zero attached hydrogens (tertiary/aromatic N) is 2. The summed E-state index contributed by atoms with van der Waals surface area (Å²) < 4.78 is 0. The molecule has 0 amide bonds. The first-order chi connectivity index (χ1) is 30.1. The molecular formula is C59H52N2. The standard InChI is InChI=1S/C59H52N2/c1-3-41-59(42-4-2)57-43-47(27-25-45-29-35-53(36-30-45)60(49-17-9-5-10-18-49)50-19-11-6-12-20-50)33-39-55(57)56-40-34-48(44-58(56)59)28-26-46-31-37-54(38-32-46)61(51-21-13-7-14-22-51)52-23-15-8-16-24-52/h5-40,43-44H,3-4,41-42H2,1-2H3/b27-25+,28-26+. The summed E-state index contributed by atoms with van der Waals surface area (Å²) in [5, 5.41) is 0. The van der Waals surface area contributed by atoms with E-state index >= 15 is 0 Å². The van der Waals surface area contributed by atoms with Crippen LogP contribution in [0.1, 0.15) is 72.9 Å². The highest BCUT2D eigenvalue weighted by Gasteiger charge is 2.41. The second-order valence-electron chi connectivity index (χ2n) is 16.1. The minimum Gasteiger partial charge on any atom is -0.311 e. The first-order valence-electron chi connectivity index (χ1n) is 21.8. The second-order valence-corrected chi connectivity index (χ2v) is 16.1. The minimum absolute atomic E-state index is 0.0121. The average Bonchev–Trinajstić information content (AvgIpc) is 3.57. The molecule has 0 aliphatic heterocycles. The Bertz CT molecular complexity index is 2460. The summed E-state index contributed by atoms with van der Waals surface area (Å²) in [5.74, 6) is 0. The number of hydrogen-bond acceptors (Lipinski definition) is 2. The molecule has 61 heavy (non-hydrogen) atoms. The van der Waals surface area contributed by atoms with Crippen LogP contribution in [0.4, 0.5) is 34.1 Å². The molecule has 1 aliphatic carbocycles. The van der Waals surface area contributed by atoms with E-state index in [1.807, 2.05) is 0 Å². The largest absolute Gasteiger partial charge is 0.311 e. The zero-order valence-electron chi connectivity index (χ0n) is 35.2. The fraction of sp³-hybridized carbons (Fsp3) is 0.119. The van der Waals surface area contributed by atoms with Crippen molar-refractivity contribution in [1.29, 1.82) is 0 Å². The van der Waals surface area contributed by atoms with Crippen LogP contribution in [-0.4, -0.2) is 0 Å². The molecule has 0 saturated carbocycles. The predicted molar refractivity (Wildman–Crippen MR) is 263 cm³/mol. The van der Waals surface area contributed by atoms with Crippen molar-refractivity contribution in [3.05, 3.63) is 240 Å². The Morgan fingerprint density at radius 2 is 0.607 bits per heavy atom. The van der Waals surface area contributed by atoms with Crippen molar-refractivity contribution in [2.75, 3.05) is 9.80 Å². The van der Waals surface area contributed by atoms with E-state index < -0.39 is 0 Å². The van der Waals surface area contributed by atoms with Gasteiger partial charge in [-0.25, -0.2) is 0 Å². The first kappa shape index (κ1) is 39.3. The highest BCUT2D eigenvalue weighted by atomic mass is 15.1. The Kier molecular flexibility index (Phi) is 11.6. The van der Waals surface area contributed by atoms with E-state index in [0.717, 1.165) is 59.8 Å². The van der Waals surface area contributed by atoms with Crippen LogP contribution in [0.25, 0.3) is 35.4 Å². The van der Waals surface area contributed by atoms with Gasteiger partial charge in [-0.3, -0.25) is 0 Å². The van der Waals surface area contributed by atoms with Gasteiger partial charge in [0.05, 0.1) is 0 Å². The summed E-state index contributed by atoms with van der Waals surface area (Å²) in [6.07, 6.45) is 13.6. The van der Waals surface area contributed by atoms with Gasteiger partial charge in [0.1, 0.15) is 0 Å². The van der Waals surface area contributed by atoms with Crippen molar-refractivity contribution in [3.8, 4) is 11.1 Å². The molecule has 2 heteroatoms. The van der Waals surface area contributed by atoms with Gasteiger partial charge in [0.15, 0.2) is 0 Å². The van der Waals surface area contributed by atoms with E-state index in [9.17, 15) is 0 Å². The van der Waals surface area contributed by atoms with E-state index in [1.54, 1.807) is 0 Å². The molecule has 0 N–H and O–H groups in total. The fourth-order valence-corrected chi connectivity index (χ4v) is 9.31. The fourth-order valence-electron chi connectivity index (χ4n) is 9.31. The van der Waals surface area contributed by atoms with Gasteiger partial charge in [0, 0.05) is 39.5 Å². The van der Waals surface area contributed by atoms with Gasteiger partial charge < -0.3 is 9.80 Å². The Labute approximate surface area is 362 Å². The molecule has 0 fully saturated rings. The molecule has 298 valence electrons. The maximum Gasteiger partial charge on any atom is 0.0462 e. The molecule has 1 aliphatic rings. The maximum absolute atomic E-state index is 2.48. The van der Waals surface area contributed by atoms with Gasteiger partial charge in [-0.15, -0.1) is 0 Å². The predicted octanol–water partition coefficient (Wildman–Crippen LogP) is 16.8. The van der Waals surface area contributed by atoms with Gasteiger partial charge in [-0.2, -0.15) is 0 Å². The summed E-state index contributed by atoms with van der Waals surface area (Å²) in [4.78, 5) is 4.61. The van der Waals surface area contributed by atoms with Crippen molar-refractivity contribution in [2.45, 2.75) is 44.9 Å². The Balaban J connectivity index is 0.967. The minimum atomic E-state index is -0.0121. The molecule has 0 bridgehead atoms. The van der Waals surface area contributed by atoms with E-state index in [0.29, 0.717) is 0 Å².